The van der Waals surface area contributed by atoms with Crippen LogP contribution in [0.2, 0.25) is 0 Å². The molecular formula is C11H18N2O4S. The largest absolute Gasteiger partial charge is 0.494 e. The van der Waals surface area contributed by atoms with E-state index in [4.69, 9.17) is 15.2 Å². The van der Waals surface area contributed by atoms with Crippen molar-refractivity contribution in [2.24, 2.45) is 0 Å². The molecule has 0 spiro atoms. The standard InChI is InChI=1S/C11H18N2O4S/c1-8-6-9(7-10(12)11(8)17-3)18(14,15)13-4-5-16-2/h6-7,13H,4-5,12H2,1-3H3. The highest BCUT2D eigenvalue weighted by molar-refractivity contribution is 7.89. The van der Waals surface area contributed by atoms with Crippen LogP contribution in [0.3, 0.4) is 0 Å². The Morgan fingerprint density at radius 3 is 2.50 bits per heavy atom. The van der Waals surface area contributed by atoms with Crippen LogP contribution >= 0.6 is 0 Å². The lowest BCUT2D eigenvalue weighted by Crippen LogP contribution is -2.27. The summed E-state index contributed by atoms with van der Waals surface area (Å²) in [4.78, 5) is 0.120. The molecule has 0 saturated heterocycles. The van der Waals surface area contributed by atoms with Crippen molar-refractivity contribution in [1.29, 1.82) is 0 Å². The van der Waals surface area contributed by atoms with E-state index in [0.29, 0.717) is 23.6 Å². The number of aryl methyl sites for hydroxylation is 1. The monoisotopic (exact) mass is 274 g/mol. The summed E-state index contributed by atoms with van der Waals surface area (Å²) in [5, 5.41) is 0. The van der Waals surface area contributed by atoms with Crippen LogP contribution in [0.15, 0.2) is 17.0 Å². The van der Waals surface area contributed by atoms with Gasteiger partial charge < -0.3 is 15.2 Å². The molecule has 1 aromatic carbocycles. The fraction of sp³-hybridized carbons (Fsp3) is 0.455. The smallest absolute Gasteiger partial charge is 0.240 e. The molecule has 0 bridgehead atoms. The number of nitrogens with one attached hydrogen (secondary N) is 1. The molecule has 0 fully saturated rings. The summed E-state index contributed by atoms with van der Waals surface area (Å²) in [6.07, 6.45) is 0. The number of rotatable bonds is 6. The van der Waals surface area contributed by atoms with Crippen molar-refractivity contribution in [3.8, 4) is 5.75 Å². The van der Waals surface area contributed by atoms with Gasteiger partial charge in [0.25, 0.3) is 0 Å². The predicted octanol–water partition coefficient (Wildman–Crippen LogP) is 0.511. The van der Waals surface area contributed by atoms with Gasteiger partial charge in [0.1, 0.15) is 5.75 Å². The van der Waals surface area contributed by atoms with E-state index in [1.165, 1.54) is 26.4 Å². The van der Waals surface area contributed by atoms with Crippen LogP contribution in [0, 0.1) is 6.92 Å². The Kier molecular flexibility index (Phi) is 4.94. The van der Waals surface area contributed by atoms with Gasteiger partial charge in [0.05, 0.1) is 24.3 Å². The number of anilines is 1. The summed E-state index contributed by atoms with van der Waals surface area (Å²) in [5.41, 5.74) is 6.71. The quantitative estimate of drug-likeness (QED) is 0.582. The van der Waals surface area contributed by atoms with E-state index in [0.717, 1.165) is 0 Å². The second-order valence-corrected chi connectivity index (χ2v) is 5.52. The van der Waals surface area contributed by atoms with Gasteiger partial charge >= 0.3 is 0 Å². The molecule has 1 aromatic rings. The first-order chi connectivity index (χ1) is 8.42. The minimum Gasteiger partial charge on any atom is -0.494 e. The summed E-state index contributed by atoms with van der Waals surface area (Å²) in [6.45, 7) is 2.26. The molecule has 18 heavy (non-hydrogen) atoms. The van der Waals surface area contributed by atoms with E-state index in [1.54, 1.807) is 6.92 Å². The predicted molar refractivity (Wildman–Crippen MR) is 69.2 cm³/mol. The van der Waals surface area contributed by atoms with E-state index in [-0.39, 0.29) is 11.4 Å². The Morgan fingerprint density at radius 1 is 1.33 bits per heavy atom. The van der Waals surface area contributed by atoms with Gasteiger partial charge in [-0.15, -0.1) is 0 Å². The highest BCUT2D eigenvalue weighted by Gasteiger charge is 2.17. The SMILES string of the molecule is COCCNS(=O)(=O)c1cc(C)c(OC)c(N)c1. The van der Waals surface area contributed by atoms with Gasteiger partial charge in [-0.3, -0.25) is 0 Å². The second-order valence-electron chi connectivity index (χ2n) is 3.75. The van der Waals surface area contributed by atoms with Crippen molar-refractivity contribution in [2.75, 3.05) is 33.1 Å². The van der Waals surface area contributed by atoms with Gasteiger partial charge in [0.2, 0.25) is 10.0 Å². The van der Waals surface area contributed by atoms with Gasteiger partial charge in [0.15, 0.2) is 0 Å². The number of benzene rings is 1. The minimum atomic E-state index is -3.57. The number of hydrogen-bond acceptors (Lipinski definition) is 5. The third-order valence-corrected chi connectivity index (χ3v) is 3.83. The van der Waals surface area contributed by atoms with Gasteiger partial charge in [-0.05, 0) is 24.6 Å². The number of hydrogen-bond donors (Lipinski definition) is 2. The Balaban J connectivity index is 3.03. The number of methoxy groups -OCH3 is 2. The van der Waals surface area contributed by atoms with Crippen LogP contribution in [-0.4, -0.2) is 35.8 Å². The van der Waals surface area contributed by atoms with Crippen molar-refractivity contribution in [3.63, 3.8) is 0 Å². The van der Waals surface area contributed by atoms with E-state index in [2.05, 4.69) is 4.72 Å². The second kappa shape index (κ2) is 6.03. The molecule has 0 aromatic heterocycles. The van der Waals surface area contributed by atoms with Crippen LogP contribution in [0.1, 0.15) is 5.56 Å². The highest BCUT2D eigenvalue weighted by Crippen LogP contribution is 2.28. The molecule has 1 rings (SSSR count). The first-order valence-electron chi connectivity index (χ1n) is 5.35. The zero-order valence-corrected chi connectivity index (χ0v) is 11.5. The first-order valence-corrected chi connectivity index (χ1v) is 6.83. The number of sulfonamides is 1. The van der Waals surface area contributed by atoms with Crippen LogP contribution in [0.4, 0.5) is 5.69 Å². The Bertz CT molecular complexity index is 491. The average Bonchev–Trinajstić information content (AvgIpc) is 2.28. The van der Waals surface area contributed by atoms with Crippen LogP contribution in [0.25, 0.3) is 0 Å². The molecular weight excluding hydrogens is 256 g/mol. The lowest BCUT2D eigenvalue weighted by molar-refractivity contribution is 0.204. The summed E-state index contributed by atoms with van der Waals surface area (Å²) in [7, 11) is -0.574. The van der Waals surface area contributed by atoms with Crippen LogP contribution < -0.4 is 15.2 Å². The summed E-state index contributed by atoms with van der Waals surface area (Å²) >= 11 is 0. The van der Waals surface area contributed by atoms with Gasteiger partial charge in [-0.25, -0.2) is 13.1 Å². The lowest BCUT2D eigenvalue weighted by Gasteiger charge is -2.12. The maximum atomic E-state index is 11.9. The molecule has 0 heterocycles. The Hall–Kier alpha value is -1.31. The molecule has 0 unspecified atom stereocenters. The van der Waals surface area contributed by atoms with Crippen LogP contribution in [0.5, 0.6) is 5.75 Å². The lowest BCUT2D eigenvalue weighted by atomic mass is 10.2. The van der Waals surface area contributed by atoms with Crippen LogP contribution in [-0.2, 0) is 14.8 Å². The summed E-state index contributed by atoms with van der Waals surface area (Å²) < 4.78 is 36.2. The van der Waals surface area contributed by atoms with E-state index >= 15 is 0 Å². The number of ether oxygens (including phenoxy) is 2. The molecule has 0 radical (unpaired) electrons. The van der Waals surface area contributed by atoms with Crippen molar-refractivity contribution >= 4 is 15.7 Å². The molecule has 0 aliphatic heterocycles. The minimum absolute atomic E-state index is 0.120. The van der Waals surface area contributed by atoms with Crippen molar-refractivity contribution < 1.29 is 17.9 Å². The van der Waals surface area contributed by atoms with E-state index < -0.39 is 10.0 Å². The molecule has 0 aliphatic carbocycles. The molecule has 6 nitrogen and oxygen atoms in total. The molecule has 0 amide bonds. The number of nitrogens with two attached hydrogens (primary N) is 1. The van der Waals surface area contributed by atoms with Gasteiger partial charge in [0, 0.05) is 13.7 Å². The molecule has 7 heteroatoms. The zero-order valence-electron chi connectivity index (χ0n) is 10.7. The summed E-state index contributed by atoms with van der Waals surface area (Å²) in [6, 6.07) is 2.89. The van der Waals surface area contributed by atoms with E-state index in [1.807, 2.05) is 0 Å². The molecule has 102 valence electrons. The number of nitrogen functional groups attached to an aromatic ring is 1. The third-order valence-electron chi connectivity index (χ3n) is 2.39. The van der Waals surface area contributed by atoms with Crippen molar-refractivity contribution in [1.82, 2.24) is 4.72 Å². The molecule has 0 atom stereocenters. The molecule has 0 aliphatic rings. The summed E-state index contributed by atoms with van der Waals surface area (Å²) in [5.74, 6) is 0.492. The fourth-order valence-corrected chi connectivity index (χ4v) is 2.70. The first kappa shape index (κ1) is 14.7. The third kappa shape index (κ3) is 3.34. The van der Waals surface area contributed by atoms with Crippen molar-refractivity contribution in [3.05, 3.63) is 17.7 Å². The Morgan fingerprint density at radius 2 is 2.00 bits per heavy atom. The molecule has 0 saturated carbocycles. The van der Waals surface area contributed by atoms with Gasteiger partial charge in [-0.2, -0.15) is 0 Å². The topological polar surface area (TPSA) is 90.6 Å². The van der Waals surface area contributed by atoms with E-state index in [9.17, 15) is 8.42 Å². The maximum Gasteiger partial charge on any atom is 0.240 e. The van der Waals surface area contributed by atoms with Gasteiger partial charge in [-0.1, -0.05) is 0 Å². The maximum absolute atomic E-state index is 11.9. The van der Waals surface area contributed by atoms with Crippen molar-refractivity contribution in [2.45, 2.75) is 11.8 Å². The molecule has 3 N–H and O–H groups in total. The Labute approximate surface area is 107 Å². The fourth-order valence-electron chi connectivity index (χ4n) is 1.56. The average molecular weight is 274 g/mol. The normalized spacial score (nSPS) is 11.5. The zero-order chi connectivity index (χ0) is 13.8. The highest BCUT2D eigenvalue weighted by atomic mass is 32.2.